The van der Waals surface area contributed by atoms with E-state index in [2.05, 4.69) is 237 Å². The first-order valence-corrected chi connectivity index (χ1v) is 30.5. The van der Waals surface area contributed by atoms with Crippen molar-refractivity contribution in [1.82, 2.24) is 8.18 Å². The van der Waals surface area contributed by atoms with Crippen molar-refractivity contribution in [2.24, 2.45) is 0 Å². The van der Waals surface area contributed by atoms with E-state index in [-0.39, 0.29) is 0 Å². The molecular formula is C60H60N2P4. The van der Waals surface area contributed by atoms with Gasteiger partial charge in [-0.2, -0.15) is 0 Å². The lowest BCUT2D eigenvalue weighted by atomic mass is 9.87. The van der Waals surface area contributed by atoms with Crippen molar-refractivity contribution < 1.29 is 0 Å². The van der Waals surface area contributed by atoms with Crippen LogP contribution in [0.25, 0.3) is 66.5 Å². The Morgan fingerprint density at radius 2 is 0.500 bits per heavy atom. The fourth-order valence-corrected chi connectivity index (χ4v) is 46.0. The lowest BCUT2D eigenvalue weighted by molar-refractivity contribution is 1.19. The molecule has 0 radical (unpaired) electrons. The van der Waals surface area contributed by atoms with Crippen LogP contribution < -0.4 is 0 Å². The zero-order valence-electron chi connectivity index (χ0n) is 40.5. The molecule has 2 atom stereocenters. The molecule has 330 valence electrons. The van der Waals surface area contributed by atoms with Crippen LogP contribution in [0.4, 0.5) is 0 Å². The molecule has 0 aliphatic carbocycles. The average molecular weight is 933 g/mol. The highest BCUT2D eigenvalue weighted by molar-refractivity contribution is 8.54. The quantitative estimate of drug-likeness (QED) is 0.144. The third-order valence-corrected chi connectivity index (χ3v) is 37.3. The van der Waals surface area contributed by atoms with E-state index in [1.54, 1.807) is 0 Å². The molecule has 0 aliphatic heterocycles. The summed E-state index contributed by atoms with van der Waals surface area (Å²) in [6.45, 7) is 26.2. The number of aromatic nitrogens is 2. The lowest BCUT2D eigenvalue weighted by Gasteiger charge is -2.31. The zero-order valence-corrected chi connectivity index (χ0v) is 44.1. The van der Waals surface area contributed by atoms with Gasteiger partial charge < -0.3 is 0 Å². The van der Waals surface area contributed by atoms with Gasteiger partial charge in [-0.3, -0.25) is 0 Å². The van der Waals surface area contributed by atoms with Crippen LogP contribution in [0.2, 0.25) is 0 Å². The summed E-state index contributed by atoms with van der Waals surface area (Å²) in [7, 11) is -1.89. The minimum Gasteiger partial charge on any atom is -0.248 e. The van der Waals surface area contributed by atoms with Crippen LogP contribution in [0.15, 0.2) is 146 Å². The Labute approximate surface area is 396 Å². The normalized spacial score (nSPS) is 12.7. The SMILES string of the molecule is Cc1cc(C)c(-c2cccc(-c3c(C)cc(C)cc3C)c2-n2p3n(-c4c(-c5c(C)cc(C)cc5C)cccc4-c4c(C)cc(C)cc4C)p2p(-c2ccccc2)p3-c2ccccc2)c(C)c1. The highest BCUT2D eigenvalue weighted by atomic mass is 32.4. The van der Waals surface area contributed by atoms with E-state index in [0.29, 0.717) is 0 Å². The number of nitrogens with zero attached hydrogens (tertiary/aromatic N) is 2. The molecular weight excluding hydrogens is 873 g/mol. The molecule has 11 rings (SSSR count). The van der Waals surface area contributed by atoms with Crippen LogP contribution in [-0.2, 0) is 0 Å². The first-order chi connectivity index (χ1) is 31.7. The Balaban J connectivity index is 1.46. The summed E-state index contributed by atoms with van der Waals surface area (Å²) < 4.78 is 6.16. The van der Waals surface area contributed by atoms with E-state index in [9.17, 15) is 0 Å². The third kappa shape index (κ3) is 7.34. The van der Waals surface area contributed by atoms with Gasteiger partial charge in [-0.15, -0.1) is 0 Å². The molecule has 0 amide bonds. The molecule has 0 fully saturated rings. The minimum absolute atomic E-state index is 0.690. The molecule has 2 unspecified atom stereocenters. The molecule has 0 saturated heterocycles. The largest absolute Gasteiger partial charge is 0.248 e. The third-order valence-electron chi connectivity index (χ3n) is 13.4. The summed E-state index contributed by atoms with van der Waals surface area (Å²) in [5.74, 6) is 0. The maximum Gasteiger partial charge on any atom is 0.0989 e. The maximum atomic E-state index is 3.08. The van der Waals surface area contributed by atoms with Crippen LogP contribution in [0, 0.1) is 83.1 Å². The Morgan fingerprint density at radius 3 is 0.727 bits per heavy atom. The van der Waals surface area contributed by atoms with E-state index < -0.39 is 28.4 Å². The van der Waals surface area contributed by atoms with Gasteiger partial charge in [0.25, 0.3) is 0 Å². The molecule has 2 bridgehead atoms. The molecule has 11 aromatic rings. The molecule has 66 heavy (non-hydrogen) atoms. The smallest absolute Gasteiger partial charge is 0.0989 e. The molecule has 2 nitrogen and oxygen atoms in total. The predicted molar refractivity (Wildman–Crippen MR) is 294 cm³/mol. The highest BCUT2D eigenvalue weighted by Gasteiger charge is 2.36. The zero-order chi connectivity index (χ0) is 46.3. The van der Waals surface area contributed by atoms with E-state index >= 15 is 0 Å². The van der Waals surface area contributed by atoms with Gasteiger partial charge in [0.15, 0.2) is 0 Å². The molecule has 3 heterocycles. The molecule has 0 spiro atoms. The standard InChI is InChI=1S/C60H60N2P4/c1-37-29-41(5)55(42(6)30-37)51-25-19-26-52(56-43(7)31-38(2)32-44(56)8)59(51)61-65-62(66(61)64(50-23-17-14-18-24-50)63(65)49-21-15-13-16-22-49)60-53(57-45(9)33-39(3)34-46(57)10)27-20-28-54(60)58-47(11)35-40(4)36-48(58)12/h13-36H,1-12H3. The van der Waals surface area contributed by atoms with Gasteiger partial charge in [-0.25, -0.2) is 8.18 Å². The Kier molecular flexibility index (Phi) is 11.7. The summed E-state index contributed by atoms with van der Waals surface area (Å²) in [6, 6.07) is 57.0. The van der Waals surface area contributed by atoms with Crippen molar-refractivity contribution >= 4 is 28.4 Å². The fraction of sp³-hybridized carbons (Fsp3) is 0.200. The molecule has 0 saturated carbocycles. The van der Waals surface area contributed by atoms with Crippen molar-refractivity contribution in [3.05, 3.63) is 212 Å². The number of aryl methyl sites for hydroxylation is 12. The second-order valence-corrected chi connectivity index (χ2v) is 33.2. The fourth-order valence-electron chi connectivity index (χ4n) is 11.4. The number of hydrogen-bond donors (Lipinski definition) is 0. The van der Waals surface area contributed by atoms with Gasteiger partial charge in [0.2, 0.25) is 0 Å². The van der Waals surface area contributed by atoms with Gasteiger partial charge >= 0.3 is 0 Å². The molecule has 3 aromatic heterocycles. The van der Waals surface area contributed by atoms with E-state index in [1.807, 2.05) is 0 Å². The number of benzene rings is 8. The van der Waals surface area contributed by atoms with Crippen LogP contribution in [0.5, 0.6) is 0 Å². The summed E-state index contributed by atoms with van der Waals surface area (Å²) in [6.07, 6.45) is 0. The Bertz CT molecular complexity index is 3040. The van der Waals surface area contributed by atoms with Gasteiger partial charge in [0, 0.05) is 32.9 Å². The summed E-state index contributed by atoms with van der Waals surface area (Å²) >= 11 is 0. The minimum atomic E-state index is -0.943. The molecule has 0 aliphatic rings. The van der Waals surface area contributed by atoms with Crippen molar-refractivity contribution in [2.45, 2.75) is 83.1 Å². The van der Waals surface area contributed by atoms with Crippen molar-refractivity contribution in [1.29, 1.82) is 0 Å². The van der Waals surface area contributed by atoms with E-state index in [4.69, 9.17) is 0 Å². The van der Waals surface area contributed by atoms with Crippen molar-refractivity contribution in [3.8, 4) is 66.5 Å². The van der Waals surface area contributed by atoms with Gasteiger partial charge in [0.1, 0.15) is 0 Å². The van der Waals surface area contributed by atoms with E-state index in [1.165, 1.54) is 133 Å². The van der Waals surface area contributed by atoms with Crippen LogP contribution in [-0.4, -0.2) is 8.18 Å². The second-order valence-electron chi connectivity index (χ2n) is 18.9. The van der Waals surface area contributed by atoms with Gasteiger partial charge in [-0.1, -0.05) is 144 Å². The van der Waals surface area contributed by atoms with Gasteiger partial charge in [0.05, 0.1) is 26.0 Å². The summed E-state index contributed by atoms with van der Waals surface area (Å²) in [5.41, 5.74) is 29.7. The highest BCUT2D eigenvalue weighted by Crippen LogP contribution is 2.87. The van der Waals surface area contributed by atoms with Crippen LogP contribution in [0.1, 0.15) is 66.8 Å². The monoisotopic (exact) mass is 932 g/mol. The average Bonchev–Trinajstić information content (AvgIpc) is 3.78. The number of para-hydroxylation sites is 2. The van der Waals surface area contributed by atoms with Crippen molar-refractivity contribution in [3.63, 3.8) is 0 Å². The lowest BCUT2D eigenvalue weighted by Crippen LogP contribution is -2.09. The van der Waals surface area contributed by atoms with Gasteiger partial charge in [-0.05, 0) is 188 Å². The Morgan fingerprint density at radius 1 is 0.273 bits per heavy atom. The Hall–Kier alpha value is -5.44. The van der Waals surface area contributed by atoms with E-state index in [0.717, 1.165) is 0 Å². The van der Waals surface area contributed by atoms with Crippen LogP contribution >= 0.6 is 28.4 Å². The maximum absolute atomic E-state index is 3.08. The molecule has 0 N–H and O–H groups in total. The summed E-state index contributed by atoms with van der Waals surface area (Å²) in [5, 5.41) is 3.03. The van der Waals surface area contributed by atoms with Crippen LogP contribution in [0.3, 0.4) is 0 Å². The molecule has 8 aromatic carbocycles. The first kappa shape index (κ1) is 44.4. The summed E-state index contributed by atoms with van der Waals surface area (Å²) in [4.78, 5) is 0. The van der Waals surface area contributed by atoms with Crippen molar-refractivity contribution in [2.75, 3.05) is 0 Å². The second kappa shape index (κ2) is 17.3. The molecule has 6 heteroatoms. The first-order valence-electron chi connectivity index (χ1n) is 23.2. The topological polar surface area (TPSA) is 9.86 Å². The number of rotatable bonds is 8. The predicted octanol–water partition coefficient (Wildman–Crippen LogP) is 19.9. The number of hydrogen-bond acceptors (Lipinski definition) is 0. The number of fused-ring (bicyclic) bond motifs is 1.